The third kappa shape index (κ3) is 7.80. The van der Waals surface area contributed by atoms with E-state index in [0.717, 1.165) is 37.2 Å². The van der Waals surface area contributed by atoms with Gasteiger partial charge in [0, 0.05) is 30.6 Å². The Kier molecular flexibility index (Phi) is 10.1. The highest BCUT2D eigenvalue weighted by molar-refractivity contribution is 6.34. The van der Waals surface area contributed by atoms with Crippen LogP contribution in [0.4, 0.5) is 32.3 Å². The van der Waals surface area contributed by atoms with E-state index in [9.17, 15) is 9.18 Å². The zero-order valence-electron chi connectivity index (χ0n) is 24.4. The maximum atomic E-state index is 14.9. The molecule has 0 bridgehead atoms. The summed E-state index contributed by atoms with van der Waals surface area (Å²) in [5.74, 6) is 0.535. The minimum absolute atomic E-state index is 0.157. The van der Waals surface area contributed by atoms with Crippen molar-refractivity contribution < 1.29 is 18.7 Å². The van der Waals surface area contributed by atoms with Gasteiger partial charge in [-0.25, -0.2) is 19.1 Å². The van der Waals surface area contributed by atoms with Gasteiger partial charge >= 0.3 is 6.09 Å². The van der Waals surface area contributed by atoms with Gasteiger partial charge in [-0.15, -0.1) is 0 Å². The second-order valence-corrected chi connectivity index (χ2v) is 10.9. The quantitative estimate of drug-likeness (QED) is 0.183. The number of benzene rings is 3. The molecule has 0 radical (unpaired) electrons. The van der Waals surface area contributed by atoms with Crippen molar-refractivity contribution in [3.63, 3.8) is 0 Å². The molecule has 1 aromatic heterocycles. The molecule has 10 heteroatoms. The number of para-hydroxylation sites is 2. The number of carbonyl (C=O) groups is 1. The highest BCUT2D eigenvalue weighted by Crippen LogP contribution is 2.33. The van der Waals surface area contributed by atoms with Crippen LogP contribution in [-0.2, 0) is 0 Å². The Morgan fingerprint density at radius 3 is 2.53 bits per heavy atom. The highest BCUT2D eigenvalue weighted by atomic mass is 35.5. The zero-order chi connectivity index (χ0) is 30.2. The average molecular weight is 604 g/mol. The van der Waals surface area contributed by atoms with Crippen molar-refractivity contribution in [3.8, 4) is 11.5 Å². The van der Waals surface area contributed by atoms with Crippen LogP contribution in [0.25, 0.3) is 0 Å². The first-order valence-electron chi connectivity index (χ1n) is 14.5. The molecule has 1 saturated heterocycles. The van der Waals surface area contributed by atoms with Gasteiger partial charge in [0.1, 0.15) is 11.6 Å². The largest absolute Gasteiger partial charge is 0.490 e. The summed E-state index contributed by atoms with van der Waals surface area (Å²) in [4.78, 5) is 26.1. The standard InChI is InChI=1S/C33H35ClFN5O3/c1-23-10-8-11-24(2)31(23)43-33(41)40(28-13-5-4-12-26(28)34)30-16-17-36-32(38-30)37-25-14-15-29(27(35)22-25)42-21-9-20-39-18-6-3-7-19-39/h4-5,8,10-17,22H,3,6-7,9,18-21H2,1-2H3,(H,36,37,38). The van der Waals surface area contributed by atoms with Gasteiger partial charge in [0.05, 0.1) is 17.3 Å². The van der Waals surface area contributed by atoms with Crippen molar-refractivity contribution in [2.75, 3.05) is 36.5 Å². The van der Waals surface area contributed by atoms with Gasteiger partial charge in [-0.05, 0) is 81.6 Å². The number of amides is 1. The minimum atomic E-state index is -0.692. The van der Waals surface area contributed by atoms with Crippen LogP contribution < -0.4 is 19.7 Å². The average Bonchev–Trinajstić information content (AvgIpc) is 3.00. The second-order valence-electron chi connectivity index (χ2n) is 10.5. The van der Waals surface area contributed by atoms with Crippen molar-refractivity contribution in [1.82, 2.24) is 14.9 Å². The van der Waals surface area contributed by atoms with E-state index in [0.29, 0.717) is 28.8 Å². The van der Waals surface area contributed by atoms with E-state index in [-0.39, 0.29) is 17.5 Å². The number of hydrogen-bond acceptors (Lipinski definition) is 7. The van der Waals surface area contributed by atoms with Gasteiger partial charge < -0.3 is 19.7 Å². The number of rotatable bonds is 10. The molecule has 8 nitrogen and oxygen atoms in total. The Labute approximate surface area is 256 Å². The van der Waals surface area contributed by atoms with Gasteiger partial charge in [-0.1, -0.05) is 48.4 Å². The van der Waals surface area contributed by atoms with Crippen LogP contribution in [0, 0.1) is 19.7 Å². The maximum Gasteiger partial charge on any atom is 0.425 e. The van der Waals surface area contributed by atoms with E-state index in [1.165, 1.54) is 36.4 Å². The number of nitrogens with zero attached hydrogens (tertiary/aromatic N) is 4. The molecule has 1 aliphatic rings. The molecule has 3 aromatic carbocycles. The topological polar surface area (TPSA) is 79.8 Å². The Bertz CT molecular complexity index is 1540. The Morgan fingerprint density at radius 2 is 1.79 bits per heavy atom. The van der Waals surface area contributed by atoms with Crippen LogP contribution in [0.1, 0.15) is 36.8 Å². The highest BCUT2D eigenvalue weighted by Gasteiger charge is 2.25. The molecule has 0 aliphatic carbocycles. The first-order chi connectivity index (χ1) is 20.9. The number of hydrogen-bond donors (Lipinski definition) is 1. The molecule has 4 aromatic rings. The number of piperidine rings is 1. The van der Waals surface area contributed by atoms with Crippen molar-refractivity contribution in [3.05, 3.63) is 94.9 Å². The lowest BCUT2D eigenvalue weighted by atomic mass is 10.1. The summed E-state index contributed by atoms with van der Waals surface area (Å²) in [5, 5.41) is 3.35. The first-order valence-corrected chi connectivity index (χ1v) is 14.8. The van der Waals surface area contributed by atoms with Gasteiger partial charge in [-0.3, -0.25) is 0 Å². The second kappa shape index (κ2) is 14.3. The lowest BCUT2D eigenvalue weighted by Crippen LogP contribution is -2.31. The van der Waals surface area contributed by atoms with Crippen molar-refractivity contribution in [2.24, 2.45) is 0 Å². The smallest absolute Gasteiger partial charge is 0.425 e. The number of aromatic nitrogens is 2. The van der Waals surface area contributed by atoms with E-state index in [1.807, 2.05) is 32.0 Å². The number of anilines is 4. The summed E-state index contributed by atoms with van der Waals surface area (Å²) >= 11 is 6.50. The van der Waals surface area contributed by atoms with Gasteiger partial charge in [0.15, 0.2) is 11.6 Å². The number of ether oxygens (including phenoxy) is 2. The lowest BCUT2D eigenvalue weighted by Gasteiger charge is -2.26. The minimum Gasteiger partial charge on any atom is -0.490 e. The molecule has 43 heavy (non-hydrogen) atoms. The maximum absolute atomic E-state index is 14.9. The molecule has 5 rings (SSSR count). The normalized spacial score (nSPS) is 13.4. The summed E-state index contributed by atoms with van der Waals surface area (Å²) in [7, 11) is 0. The summed E-state index contributed by atoms with van der Waals surface area (Å²) in [6, 6.07) is 18.7. The number of carbonyl (C=O) groups excluding carboxylic acids is 1. The molecule has 0 unspecified atom stereocenters. The van der Waals surface area contributed by atoms with Crippen molar-refractivity contribution >= 4 is 40.8 Å². The van der Waals surface area contributed by atoms with Gasteiger partial charge in [-0.2, -0.15) is 4.98 Å². The van der Waals surface area contributed by atoms with E-state index in [1.54, 1.807) is 42.5 Å². The molecule has 1 aliphatic heterocycles. The molecule has 1 amide bonds. The van der Waals surface area contributed by atoms with Gasteiger partial charge in [0.2, 0.25) is 5.95 Å². The van der Waals surface area contributed by atoms with E-state index >= 15 is 0 Å². The van der Waals surface area contributed by atoms with Crippen LogP contribution in [0.2, 0.25) is 5.02 Å². The van der Waals surface area contributed by atoms with E-state index < -0.39 is 11.9 Å². The molecular formula is C33H35ClFN5O3. The summed E-state index contributed by atoms with van der Waals surface area (Å²) in [5.41, 5.74) is 2.44. The molecule has 1 N–H and O–H groups in total. The summed E-state index contributed by atoms with van der Waals surface area (Å²) in [6.07, 6.45) is 5.43. The third-order valence-electron chi connectivity index (χ3n) is 7.26. The molecule has 224 valence electrons. The lowest BCUT2D eigenvalue weighted by molar-refractivity contribution is 0.203. The van der Waals surface area contributed by atoms with E-state index in [4.69, 9.17) is 21.1 Å². The predicted molar refractivity (Wildman–Crippen MR) is 168 cm³/mol. The molecule has 2 heterocycles. The SMILES string of the molecule is Cc1cccc(C)c1OC(=O)N(c1ccnc(Nc2ccc(OCCCN3CCCCC3)c(F)c2)n1)c1ccccc1Cl. The molecule has 1 fully saturated rings. The number of halogens is 2. The fourth-order valence-corrected chi connectivity index (χ4v) is 5.27. The van der Waals surface area contributed by atoms with E-state index in [2.05, 4.69) is 20.2 Å². The number of likely N-dealkylation sites (tertiary alicyclic amines) is 1. The van der Waals surface area contributed by atoms with Crippen LogP contribution in [-0.4, -0.2) is 47.2 Å². The molecule has 0 saturated carbocycles. The predicted octanol–water partition coefficient (Wildman–Crippen LogP) is 8.22. The third-order valence-corrected chi connectivity index (χ3v) is 7.58. The fourth-order valence-electron chi connectivity index (χ4n) is 5.05. The Hall–Kier alpha value is -4.21. The number of nitrogens with one attached hydrogen (secondary N) is 1. The van der Waals surface area contributed by atoms with Gasteiger partial charge in [0.25, 0.3) is 0 Å². The molecule has 0 atom stereocenters. The van der Waals surface area contributed by atoms with Crippen LogP contribution in [0.3, 0.4) is 0 Å². The fraction of sp³-hybridized carbons (Fsp3) is 0.303. The first kappa shape index (κ1) is 30.3. The van der Waals surface area contributed by atoms with Crippen LogP contribution in [0.15, 0.2) is 72.9 Å². The summed E-state index contributed by atoms with van der Waals surface area (Å²) < 4.78 is 26.4. The molecule has 0 spiro atoms. The summed E-state index contributed by atoms with van der Waals surface area (Å²) in [6.45, 7) is 7.39. The Balaban J connectivity index is 1.30. The van der Waals surface area contributed by atoms with Crippen LogP contribution >= 0.6 is 11.6 Å². The van der Waals surface area contributed by atoms with Crippen molar-refractivity contribution in [2.45, 2.75) is 39.5 Å². The number of aryl methyl sites for hydroxylation is 2. The monoisotopic (exact) mass is 603 g/mol. The molecular weight excluding hydrogens is 569 g/mol. The Morgan fingerprint density at radius 1 is 1.02 bits per heavy atom. The van der Waals surface area contributed by atoms with Crippen LogP contribution in [0.5, 0.6) is 11.5 Å². The zero-order valence-corrected chi connectivity index (χ0v) is 25.1. The van der Waals surface area contributed by atoms with Crippen molar-refractivity contribution in [1.29, 1.82) is 0 Å².